The van der Waals surface area contributed by atoms with Crippen LogP contribution in [-0.2, 0) is 9.59 Å². The van der Waals surface area contributed by atoms with Gasteiger partial charge in [0.25, 0.3) is 11.8 Å². The number of carbonyl (C=O) groups excluding carboxylic acids is 2. The number of benzene rings is 3. The van der Waals surface area contributed by atoms with Crippen LogP contribution in [0.25, 0.3) is 0 Å². The standard InChI is InChI=1S/C24H22N4O8/c1-15(35-21-13-7-5-11-19(21)27(31)32)23(29)25-17-9-3-4-10-18(17)26-24(30)16(2)36-22-14-8-6-12-20(22)28(33)34/h3-16H,1-2H3,(H,25,29)(H,26,30). The molecule has 2 amide bonds. The van der Waals surface area contributed by atoms with E-state index in [1.165, 1.54) is 50.2 Å². The predicted molar refractivity (Wildman–Crippen MR) is 130 cm³/mol. The van der Waals surface area contributed by atoms with Gasteiger partial charge in [-0.15, -0.1) is 0 Å². The maximum Gasteiger partial charge on any atom is 0.310 e. The van der Waals surface area contributed by atoms with Crippen molar-refractivity contribution in [2.24, 2.45) is 0 Å². The highest BCUT2D eigenvalue weighted by Crippen LogP contribution is 2.29. The van der Waals surface area contributed by atoms with Crippen LogP contribution >= 0.6 is 0 Å². The number of ether oxygens (including phenoxy) is 2. The Bertz CT molecular complexity index is 1200. The topological polar surface area (TPSA) is 163 Å². The molecule has 3 aromatic carbocycles. The van der Waals surface area contributed by atoms with Crippen molar-refractivity contribution in [3.63, 3.8) is 0 Å². The maximum absolute atomic E-state index is 12.7. The molecule has 2 atom stereocenters. The summed E-state index contributed by atoms with van der Waals surface area (Å²) in [7, 11) is 0. The van der Waals surface area contributed by atoms with E-state index in [-0.39, 0.29) is 34.2 Å². The van der Waals surface area contributed by atoms with Crippen LogP contribution in [0.3, 0.4) is 0 Å². The fourth-order valence-electron chi connectivity index (χ4n) is 3.07. The van der Waals surface area contributed by atoms with Crippen molar-refractivity contribution in [3.8, 4) is 11.5 Å². The molecule has 3 aromatic rings. The third-order valence-corrected chi connectivity index (χ3v) is 4.91. The lowest BCUT2D eigenvalue weighted by Crippen LogP contribution is -2.32. The molecule has 186 valence electrons. The van der Waals surface area contributed by atoms with Gasteiger partial charge in [-0.3, -0.25) is 29.8 Å². The van der Waals surface area contributed by atoms with Crippen LogP contribution in [0.4, 0.5) is 22.7 Å². The molecule has 12 heteroatoms. The summed E-state index contributed by atoms with van der Waals surface area (Å²) in [6.07, 6.45) is -2.20. The van der Waals surface area contributed by atoms with Gasteiger partial charge in [0.15, 0.2) is 23.7 Å². The van der Waals surface area contributed by atoms with Gasteiger partial charge in [-0.05, 0) is 38.1 Å². The number of nitrogens with one attached hydrogen (secondary N) is 2. The van der Waals surface area contributed by atoms with E-state index in [4.69, 9.17) is 9.47 Å². The average molecular weight is 494 g/mol. The number of hydrogen-bond acceptors (Lipinski definition) is 8. The molecule has 0 radical (unpaired) electrons. The van der Waals surface area contributed by atoms with Crippen LogP contribution < -0.4 is 20.1 Å². The molecule has 0 aromatic heterocycles. The molecule has 12 nitrogen and oxygen atoms in total. The van der Waals surface area contributed by atoms with Gasteiger partial charge in [0.1, 0.15) is 0 Å². The van der Waals surface area contributed by atoms with E-state index in [9.17, 15) is 29.8 Å². The second-order valence-electron chi connectivity index (χ2n) is 7.49. The smallest absolute Gasteiger partial charge is 0.310 e. The highest BCUT2D eigenvalue weighted by atomic mass is 16.6. The molecule has 0 heterocycles. The van der Waals surface area contributed by atoms with Crippen molar-refractivity contribution in [3.05, 3.63) is 93.0 Å². The number of nitrogens with zero attached hydrogens (tertiary/aromatic N) is 2. The first-order valence-corrected chi connectivity index (χ1v) is 10.7. The van der Waals surface area contributed by atoms with Crippen LogP contribution in [0.15, 0.2) is 72.8 Å². The minimum Gasteiger partial charge on any atom is -0.474 e. The number of carbonyl (C=O) groups is 2. The lowest BCUT2D eigenvalue weighted by molar-refractivity contribution is -0.386. The van der Waals surface area contributed by atoms with E-state index < -0.39 is 33.9 Å². The Morgan fingerprint density at radius 3 is 1.36 bits per heavy atom. The Labute approximate surface area is 205 Å². The Morgan fingerprint density at radius 2 is 1.00 bits per heavy atom. The van der Waals surface area contributed by atoms with E-state index in [0.717, 1.165) is 0 Å². The van der Waals surface area contributed by atoms with Crippen LogP contribution in [0.2, 0.25) is 0 Å². The second kappa shape index (κ2) is 11.4. The fraction of sp³-hybridized carbons (Fsp3) is 0.167. The van der Waals surface area contributed by atoms with Gasteiger partial charge in [0, 0.05) is 12.1 Å². The number of nitro benzene ring substituents is 2. The van der Waals surface area contributed by atoms with Gasteiger partial charge >= 0.3 is 11.4 Å². The first-order chi connectivity index (χ1) is 17.2. The quantitative estimate of drug-likeness (QED) is 0.311. The van der Waals surface area contributed by atoms with Gasteiger partial charge < -0.3 is 20.1 Å². The molecular formula is C24H22N4O8. The lowest BCUT2D eigenvalue weighted by atomic mass is 10.2. The Balaban J connectivity index is 1.68. The molecule has 0 aliphatic rings. The number of amides is 2. The molecule has 0 aliphatic heterocycles. The molecule has 2 unspecified atom stereocenters. The monoisotopic (exact) mass is 494 g/mol. The summed E-state index contributed by atoms with van der Waals surface area (Å²) < 4.78 is 11.0. The second-order valence-corrected chi connectivity index (χ2v) is 7.49. The van der Waals surface area contributed by atoms with E-state index in [0.29, 0.717) is 0 Å². The summed E-state index contributed by atoms with van der Waals surface area (Å²) in [4.78, 5) is 46.5. The van der Waals surface area contributed by atoms with Crippen LogP contribution in [0, 0.1) is 20.2 Å². The number of para-hydroxylation sites is 6. The SMILES string of the molecule is CC(Oc1ccccc1[N+](=O)[O-])C(=O)Nc1ccccc1NC(=O)C(C)Oc1ccccc1[N+](=O)[O-]. The van der Waals surface area contributed by atoms with Crippen molar-refractivity contribution in [1.82, 2.24) is 0 Å². The van der Waals surface area contributed by atoms with Gasteiger partial charge in [0.2, 0.25) is 0 Å². The Morgan fingerprint density at radius 1 is 0.667 bits per heavy atom. The normalized spacial score (nSPS) is 12.1. The summed E-state index contributed by atoms with van der Waals surface area (Å²) in [5.74, 6) is -1.35. The molecule has 3 rings (SSSR count). The molecule has 2 N–H and O–H groups in total. The van der Waals surface area contributed by atoms with E-state index >= 15 is 0 Å². The minimum atomic E-state index is -1.10. The van der Waals surface area contributed by atoms with Crippen LogP contribution in [0.5, 0.6) is 11.5 Å². The van der Waals surface area contributed by atoms with E-state index in [1.54, 1.807) is 36.4 Å². The predicted octanol–water partition coefficient (Wildman–Crippen LogP) is 4.32. The maximum atomic E-state index is 12.7. The summed E-state index contributed by atoms with van der Waals surface area (Å²) in [5, 5.41) is 27.6. The molecule has 36 heavy (non-hydrogen) atoms. The number of nitro groups is 2. The highest BCUT2D eigenvalue weighted by Gasteiger charge is 2.23. The average Bonchev–Trinajstić information content (AvgIpc) is 2.85. The molecule has 0 spiro atoms. The first kappa shape index (κ1) is 25.6. The summed E-state index contributed by atoms with van der Waals surface area (Å²) >= 11 is 0. The summed E-state index contributed by atoms with van der Waals surface area (Å²) in [6, 6.07) is 17.7. The van der Waals surface area contributed by atoms with Crippen molar-refractivity contribution < 1.29 is 28.9 Å². The molecular weight excluding hydrogens is 472 g/mol. The largest absolute Gasteiger partial charge is 0.474 e. The Kier molecular flexibility index (Phi) is 8.13. The number of rotatable bonds is 10. The third kappa shape index (κ3) is 6.32. The van der Waals surface area contributed by atoms with Crippen LogP contribution in [0.1, 0.15) is 13.8 Å². The van der Waals surface area contributed by atoms with Crippen molar-refractivity contribution in [1.29, 1.82) is 0 Å². The molecule has 0 aliphatic carbocycles. The van der Waals surface area contributed by atoms with Gasteiger partial charge in [-0.1, -0.05) is 36.4 Å². The molecule has 0 bridgehead atoms. The van der Waals surface area contributed by atoms with Crippen molar-refractivity contribution >= 4 is 34.6 Å². The summed E-state index contributed by atoms with van der Waals surface area (Å²) in [6.45, 7) is 2.85. The first-order valence-electron chi connectivity index (χ1n) is 10.7. The molecule has 0 saturated carbocycles. The zero-order valence-electron chi connectivity index (χ0n) is 19.2. The molecule has 0 fully saturated rings. The highest BCUT2D eigenvalue weighted by molar-refractivity contribution is 6.02. The fourth-order valence-corrected chi connectivity index (χ4v) is 3.07. The third-order valence-electron chi connectivity index (χ3n) is 4.91. The van der Waals surface area contributed by atoms with Gasteiger partial charge in [0.05, 0.1) is 21.2 Å². The number of anilines is 2. The zero-order valence-corrected chi connectivity index (χ0v) is 19.2. The van der Waals surface area contributed by atoms with Gasteiger partial charge in [-0.25, -0.2) is 0 Å². The molecule has 0 saturated heterocycles. The van der Waals surface area contributed by atoms with E-state index in [1.807, 2.05) is 0 Å². The van der Waals surface area contributed by atoms with Gasteiger partial charge in [-0.2, -0.15) is 0 Å². The summed E-state index contributed by atoms with van der Waals surface area (Å²) in [5.41, 5.74) is -0.0755. The van der Waals surface area contributed by atoms with Crippen molar-refractivity contribution in [2.45, 2.75) is 26.1 Å². The zero-order chi connectivity index (χ0) is 26.2. The Hall–Kier alpha value is -5.00. The lowest BCUT2D eigenvalue weighted by Gasteiger charge is -2.18. The van der Waals surface area contributed by atoms with Crippen LogP contribution in [-0.4, -0.2) is 33.9 Å². The number of hydrogen-bond donors (Lipinski definition) is 2. The van der Waals surface area contributed by atoms with Crippen molar-refractivity contribution in [2.75, 3.05) is 10.6 Å². The van der Waals surface area contributed by atoms with E-state index in [2.05, 4.69) is 10.6 Å². The minimum absolute atomic E-state index is 0.0623.